The number of amides is 2. The lowest BCUT2D eigenvalue weighted by atomic mass is 10.2. The molecule has 2 N–H and O–H groups in total. The fraction of sp³-hybridized carbons (Fsp3) is 0.385. The van der Waals surface area contributed by atoms with Gasteiger partial charge in [-0.15, -0.1) is 0 Å². The zero-order valence-corrected chi connectivity index (χ0v) is 12.7. The van der Waals surface area contributed by atoms with E-state index in [2.05, 4.69) is 21.2 Å². The molecule has 0 saturated carbocycles. The zero-order chi connectivity index (χ0) is 15.0. The Morgan fingerprint density at radius 3 is 2.85 bits per heavy atom. The third kappa shape index (κ3) is 6.53. The molecule has 0 unspecified atom stereocenters. The van der Waals surface area contributed by atoms with Crippen molar-refractivity contribution >= 4 is 27.9 Å². The van der Waals surface area contributed by atoms with Gasteiger partial charge in [-0.1, -0.05) is 28.1 Å². The standard InChI is InChI=1S/C13H17BrN2O4/c1-16(8-10-3-2-4-11(14)7-10)13(19)15-5-6-20-9-12(17)18/h2-4,7H,5-6,8-9H2,1H3,(H,15,19)(H,17,18). The summed E-state index contributed by atoms with van der Waals surface area (Å²) in [5, 5.41) is 11.0. The molecule has 110 valence electrons. The number of carboxylic acid groups (broad SMARTS) is 1. The van der Waals surface area contributed by atoms with E-state index in [1.807, 2.05) is 24.3 Å². The predicted molar refractivity (Wildman–Crippen MR) is 77.5 cm³/mol. The number of nitrogens with zero attached hydrogens (tertiary/aromatic N) is 1. The number of nitrogens with one attached hydrogen (secondary N) is 1. The quantitative estimate of drug-likeness (QED) is 0.737. The molecule has 7 heteroatoms. The molecule has 0 saturated heterocycles. The van der Waals surface area contributed by atoms with Gasteiger partial charge in [0.05, 0.1) is 6.61 Å². The first-order valence-corrected chi connectivity index (χ1v) is 6.81. The van der Waals surface area contributed by atoms with Crippen molar-refractivity contribution in [2.75, 3.05) is 26.8 Å². The Kier molecular flexibility index (Phi) is 7.03. The van der Waals surface area contributed by atoms with Crippen molar-refractivity contribution in [1.29, 1.82) is 0 Å². The Hall–Kier alpha value is -1.60. The number of carbonyl (C=O) groups is 2. The fourth-order valence-corrected chi connectivity index (χ4v) is 1.95. The van der Waals surface area contributed by atoms with Gasteiger partial charge in [-0.05, 0) is 17.7 Å². The molecule has 6 nitrogen and oxygen atoms in total. The number of hydrogen-bond acceptors (Lipinski definition) is 3. The maximum absolute atomic E-state index is 11.8. The molecule has 0 spiro atoms. The summed E-state index contributed by atoms with van der Waals surface area (Å²) < 4.78 is 5.78. The second-order valence-corrected chi connectivity index (χ2v) is 5.08. The van der Waals surface area contributed by atoms with Crippen LogP contribution in [0.25, 0.3) is 0 Å². The highest BCUT2D eigenvalue weighted by Crippen LogP contribution is 2.12. The number of carboxylic acids is 1. The average Bonchev–Trinajstić information content (AvgIpc) is 2.37. The highest BCUT2D eigenvalue weighted by atomic mass is 79.9. The molecule has 0 atom stereocenters. The molecule has 0 bridgehead atoms. The molecule has 0 aliphatic heterocycles. The smallest absolute Gasteiger partial charge is 0.329 e. The van der Waals surface area contributed by atoms with Crippen molar-refractivity contribution in [3.8, 4) is 0 Å². The second-order valence-electron chi connectivity index (χ2n) is 4.16. The maximum atomic E-state index is 11.8. The van der Waals surface area contributed by atoms with Crippen LogP contribution in [0.5, 0.6) is 0 Å². The lowest BCUT2D eigenvalue weighted by molar-refractivity contribution is -0.142. The molecular formula is C13H17BrN2O4. The third-order valence-electron chi connectivity index (χ3n) is 2.40. The van der Waals surface area contributed by atoms with Crippen LogP contribution in [0.1, 0.15) is 5.56 Å². The van der Waals surface area contributed by atoms with Gasteiger partial charge < -0.3 is 20.1 Å². The number of benzene rings is 1. The van der Waals surface area contributed by atoms with E-state index in [9.17, 15) is 9.59 Å². The topological polar surface area (TPSA) is 78.9 Å². The van der Waals surface area contributed by atoms with Gasteiger partial charge in [-0.25, -0.2) is 9.59 Å². The van der Waals surface area contributed by atoms with Crippen LogP contribution < -0.4 is 5.32 Å². The van der Waals surface area contributed by atoms with Crippen LogP contribution in [0.15, 0.2) is 28.7 Å². The van der Waals surface area contributed by atoms with E-state index < -0.39 is 5.97 Å². The summed E-state index contributed by atoms with van der Waals surface area (Å²) >= 11 is 3.38. The van der Waals surface area contributed by atoms with Gasteiger partial charge in [0.15, 0.2) is 0 Å². The normalized spacial score (nSPS) is 10.1. The number of rotatable bonds is 7. The van der Waals surface area contributed by atoms with Crippen molar-refractivity contribution in [3.63, 3.8) is 0 Å². The van der Waals surface area contributed by atoms with E-state index in [0.717, 1.165) is 10.0 Å². The van der Waals surface area contributed by atoms with Gasteiger partial charge in [0, 0.05) is 24.6 Å². The van der Waals surface area contributed by atoms with Crippen LogP contribution in [0.4, 0.5) is 4.79 Å². The number of ether oxygens (including phenoxy) is 1. The van der Waals surface area contributed by atoms with Crippen molar-refractivity contribution in [2.24, 2.45) is 0 Å². The van der Waals surface area contributed by atoms with Gasteiger partial charge >= 0.3 is 12.0 Å². The first-order chi connectivity index (χ1) is 9.49. The van der Waals surface area contributed by atoms with Crippen molar-refractivity contribution in [2.45, 2.75) is 6.54 Å². The van der Waals surface area contributed by atoms with Crippen LogP contribution >= 0.6 is 15.9 Å². The Morgan fingerprint density at radius 1 is 1.45 bits per heavy atom. The molecule has 0 aliphatic rings. The van der Waals surface area contributed by atoms with E-state index in [4.69, 9.17) is 9.84 Å². The van der Waals surface area contributed by atoms with Crippen LogP contribution in [-0.4, -0.2) is 48.8 Å². The van der Waals surface area contributed by atoms with Gasteiger partial charge in [0.1, 0.15) is 6.61 Å². The van der Waals surface area contributed by atoms with Gasteiger partial charge in [0.25, 0.3) is 0 Å². The molecule has 0 aliphatic carbocycles. The minimum atomic E-state index is -1.02. The SMILES string of the molecule is CN(Cc1cccc(Br)c1)C(=O)NCCOCC(=O)O. The van der Waals surface area contributed by atoms with Crippen molar-refractivity contribution < 1.29 is 19.4 Å². The molecule has 0 radical (unpaired) electrons. The molecule has 2 amide bonds. The van der Waals surface area contributed by atoms with Crippen LogP contribution in [0.3, 0.4) is 0 Å². The maximum Gasteiger partial charge on any atom is 0.329 e. The summed E-state index contributed by atoms with van der Waals surface area (Å²) in [4.78, 5) is 23.5. The number of hydrogen-bond donors (Lipinski definition) is 2. The van der Waals surface area contributed by atoms with E-state index >= 15 is 0 Å². The number of aliphatic carboxylic acids is 1. The average molecular weight is 345 g/mol. The van der Waals surface area contributed by atoms with Crippen LogP contribution in [0.2, 0.25) is 0 Å². The molecule has 1 aromatic carbocycles. The van der Waals surface area contributed by atoms with E-state index in [1.165, 1.54) is 0 Å². The van der Waals surface area contributed by atoms with Crippen LogP contribution in [-0.2, 0) is 16.1 Å². The molecule has 1 rings (SSSR count). The fourth-order valence-electron chi connectivity index (χ4n) is 1.51. The summed E-state index contributed by atoms with van der Waals surface area (Å²) in [7, 11) is 1.69. The Morgan fingerprint density at radius 2 is 2.20 bits per heavy atom. The third-order valence-corrected chi connectivity index (χ3v) is 2.90. The number of urea groups is 1. The van der Waals surface area contributed by atoms with Gasteiger partial charge in [-0.3, -0.25) is 0 Å². The monoisotopic (exact) mass is 344 g/mol. The lowest BCUT2D eigenvalue weighted by Crippen LogP contribution is -2.38. The summed E-state index contributed by atoms with van der Waals surface area (Å²) in [5.74, 6) is -1.02. The zero-order valence-electron chi connectivity index (χ0n) is 11.1. The summed E-state index contributed by atoms with van der Waals surface area (Å²) in [5.41, 5.74) is 1.01. The summed E-state index contributed by atoms with van der Waals surface area (Å²) in [6.45, 7) is 0.572. The van der Waals surface area contributed by atoms with Crippen LogP contribution in [0, 0.1) is 0 Å². The van der Waals surface area contributed by atoms with Crippen molar-refractivity contribution in [1.82, 2.24) is 10.2 Å². The molecular weight excluding hydrogens is 328 g/mol. The van der Waals surface area contributed by atoms with E-state index in [0.29, 0.717) is 6.54 Å². The summed E-state index contributed by atoms with van der Waals surface area (Å²) in [6, 6.07) is 7.47. The lowest BCUT2D eigenvalue weighted by Gasteiger charge is -2.18. The number of carbonyl (C=O) groups excluding carboxylic acids is 1. The highest BCUT2D eigenvalue weighted by Gasteiger charge is 2.08. The Bertz CT molecular complexity index is 467. The summed E-state index contributed by atoms with van der Waals surface area (Å²) in [6.07, 6.45) is 0. The molecule has 20 heavy (non-hydrogen) atoms. The minimum absolute atomic E-state index is 0.169. The first-order valence-electron chi connectivity index (χ1n) is 6.02. The van der Waals surface area contributed by atoms with E-state index in [-0.39, 0.29) is 25.8 Å². The molecule has 0 aromatic heterocycles. The van der Waals surface area contributed by atoms with Gasteiger partial charge in [0.2, 0.25) is 0 Å². The first kappa shape index (κ1) is 16.5. The van der Waals surface area contributed by atoms with Gasteiger partial charge in [-0.2, -0.15) is 0 Å². The minimum Gasteiger partial charge on any atom is -0.480 e. The highest BCUT2D eigenvalue weighted by molar-refractivity contribution is 9.10. The number of halogens is 1. The Balaban J connectivity index is 2.27. The predicted octanol–water partition coefficient (Wildman–Crippen LogP) is 1.69. The van der Waals surface area contributed by atoms with Crippen molar-refractivity contribution in [3.05, 3.63) is 34.3 Å². The molecule has 0 fully saturated rings. The molecule has 1 aromatic rings. The van der Waals surface area contributed by atoms with E-state index in [1.54, 1.807) is 11.9 Å². The molecule has 0 heterocycles. The largest absolute Gasteiger partial charge is 0.480 e. The second kappa shape index (κ2) is 8.55. The Labute approximate surface area is 125 Å².